The zero-order chi connectivity index (χ0) is 14.6. The lowest BCUT2D eigenvalue weighted by molar-refractivity contribution is 0.290. The van der Waals surface area contributed by atoms with E-state index in [1.165, 1.54) is 12.8 Å². The van der Waals surface area contributed by atoms with Crippen LogP contribution in [0.2, 0.25) is 0 Å². The second kappa shape index (κ2) is 6.56. The average molecular weight is 297 g/mol. The summed E-state index contributed by atoms with van der Waals surface area (Å²) in [5.41, 5.74) is 2.84. The molecule has 0 radical (unpaired) electrons. The molecule has 0 atom stereocenters. The Balaban J connectivity index is 2.00. The fourth-order valence-electron chi connectivity index (χ4n) is 2.66. The number of nitrogen functional groups attached to an aromatic ring is 1. The zero-order valence-electron chi connectivity index (χ0n) is 11.8. The highest BCUT2D eigenvalue weighted by atomic mass is 32.2. The lowest BCUT2D eigenvalue weighted by atomic mass is 9.83. The number of nitrogens with one attached hydrogen (secondary N) is 2. The predicted octanol–water partition coefficient (Wildman–Crippen LogP) is 2.08. The van der Waals surface area contributed by atoms with Crippen molar-refractivity contribution in [2.45, 2.75) is 37.5 Å². The Bertz CT molecular complexity index is 537. The number of hydrazine groups is 1. The Kier molecular flexibility index (Phi) is 5.01. The van der Waals surface area contributed by atoms with Crippen molar-refractivity contribution in [3.8, 4) is 0 Å². The molecule has 5 nitrogen and oxygen atoms in total. The summed E-state index contributed by atoms with van der Waals surface area (Å²) >= 11 is 0. The van der Waals surface area contributed by atoms with Crippen LogP contribution in [0.3, 0.4) is 0 Å². The molecular weight excluding hydrogens is 274 g/mol. The van der Waals surface area contributed by atoms with Crippen LogP contribution in [0.4, 0.5) is 5.69 Å². The third-order valence-corrected chi connectivity index (χ3v) is 5.51. The topological polar surface area (TPSA) is 84.2 Å². The highest BCUT2D eigenvalue weighted by Gasteiger charge is 2.22. The van der Waals surface area contributed by atoms with Gasteiger partial charge in [0, 0.05) is 6.54 Å². The van der Waals surface area contributed by atoms with E-state index in [4.69, 9.17) is 5.84 Å². The summed E-state index contributed by atoms with van der Waals surface area (Å²) in [6.07, 6.45) is 4.57. The van der Waals surface area contributed by atoms with Gasteiger partial charge in [-0.1, -0.05) is 31.9 Å². The molecule has 0 aliphatic heterocycles. The predicted molar refractivity (Wildman–Crippen MR) is 80.6 cm³/mol. The summed E-state index contributed by atoms with van der Waals surface area (Å²) in [5.74, 6) is 6.57. The van der Waals surface area contributed by atoms with E-state index in [-0.39, 0.29) is 4.90 Å². The van der Waals surface area contributed by atoms with Gasteiger partial charge in [-0.15, -0.1) is 0 Å². The van der Waals surface area contributed by atoms with Gasteiger partial charge in [0.15, 0.2) is 0 Å². The monoisotopic (exact) mass is 297 g/mol. The van der Waals surface area contributed by atoms with Crippen LogP contribution in [0.1, 0.15) is 32.6 Å². The number of para-hydroxylation sites is 1. The molecule has 112 valence electrons. The lowest BCUT2D eigenvalue weighted by Crippen LogP contribution is -2.31. The molecular formula is C14H23N3O2S. The third kappa shape index (κ3) is 3.71. The number of hydrogen-bond acceptors (Lipinski definition) is 4. The summed E-state index contributed by atoms with van der Waals surface area (Å²) in [7, 11) is -3.51. The minimum absolute atomic E-state index is 0.201. The molecule has 0 amide bonds. The Labute approximate surface area is 121 Å². The quantitative estimate of drug-likeness (QED) is 0.574. The van der Waals surface area contributed by atoms with E-state index in [0.717, 1.165) is 18.8 Å². The summed E-state index contributed by atoms with van der Waals surface area (Å²) in [5, 5.41) is 0. The summed E-state index contributed by atoms with van der Waals surface area (Å²) in [6.45, 7) is 2.76. The molecule has 0 saturated heterocycles. The van der Waals surface area contributed by atoms with Gasteiger partial charge in [0.1, 0.15) is 4.90 Å². The number of benzene rings is 1. The van der Waals surface area contributed by atoms with Gasteiger partial charge in [0.2, 0.25) is 10.0 Å². The standard InChI is InChI=1S/C14H23N3O2S/c1-11-6-8-12(9-7-11)10-16-20(18,19)14-5-3-2-4-13(14)17-15/h2-5,11-12,16-17H,6-10,15H2,1H3. The first-order valence-electron chi connectivity index (χ1n) is 7.08. The molecule has 1 saturated carbocycles. The van der Waals surface area contributed by atoms with E-state index in [1.54, 1.807) is 24.3 Å². The molecule has 1 fully saturated rings. The molecule has 1 aromatic carbocycles. The van der Waals surface area contributed by atoms with Crippen LogP contribution in [0.15, 0.2) is 29.2 Å². The summed E-state index contributed by atoms with van der Waals surface area (Å²) in [4.78, 5) is 0.201. The van der Waals surface area contributed by atoms with Gasteiger partial charge in [-0.2, -0.15) is 0 Å². The Morgan fingerprint density at radius 2 is 1.85 bits per heavy atom. The number of rotatable bonds is 5. The Hall–Kier alpha value is -1.11. The lowest BCUT2D eigenvalue weighted by Gasteiger charge is -2.26. The van der Waals surface area contributed by atoms with Crippen LogP contribution in [0.25, 0.3) is 0 Å². The third-order valence-electron chi connectivity index (χ3n) is 4.03. The molecule has 20 heavy (non-hydrogen) atoms. The van der Waals surface area contributed by atoms with Crippen molar-refractivity contribution in [2.24, 2.45) is 17.7 Å². The normalized spacial score (nSPS) is 23.5. The van der Waals surface area contributed by atoms with E-state index in [9.17, 15) is 8.42 Å². The van der Waals surface area contributed by atoms with Crippen molar-refractivity contribution in [3.05, 3.63) is 24.3 Å². The van der Waals surface area contributed by atoms with Gasteiger partial charge in [-0.3, -0.25) is 5.84 Å². The van der Waals surface area contributed by atoms with E-state index >= 15 is 0 Å². The van der Waals surface area contributed by atoms with Gasteiger partial charge in [-0.25, -0.2) is 13.1 Å². The molecule has 1 aliphatic carbocycles. The minimum Gasteiger partial charge on any atom is -0.323 e. The van der Waals surface area contributed by atoms with E-state index in [1.807, 2.05) is 0 Å². The van der Waals surface area contributed by atoms with E-state index < -0.39 is 10.0 Å². The highest BCUT2D eigenvalue weighted by molar-refractivity contribution is 7.89. The molecule has 0 heterocycles. The van der Waals surface area contributed by atoms with Crippen LogP contribution >= 0.6 is 0 Å². The number of sulfonamides is 1. The molecule has 6 heteroatoms. The maximum absolute atomic E-state index is 12.3. The van der Waals surface area contributed by atoms with Crippen LogP contribution < -0.4 is 16.0 Å². The van der Waals surface area contributed by atoms with Crippen LogP contribution in [0.5, 0.6) is 0 Å². The summed E-state index contributed by atoms with van der Waals surface area (Å²) < 4.78 is 27.3. The van der Waals surface area contributed by atoms with Crippen molar-refractivity contribution in [2.75, 3.05) is 12.0 Å². The van der Waals surface area contributed by atoms with Crippen molar-refractivity contribution < 1.29 is 8.42 Å². The molecule has 4 N–H and O–H groups in total. The van der Waals surface area contributed by atoms with Gasteiger partial charge in [-0.05, 0) is 36.8 Å². The second-order valence-corrected chi connectivity index (χ2v) is 7.35. The molecule has 0 spiro atoms. The maximum Gasteiger partial charge on any atom is 0.242 e. The first kappa shape index (κ1) is 15.3. The van der Waals surface area contributed by atoms with Crippen LogP contribution in [-0.4, -0.2) is 15.0 Å². The Morgan fingerprint density at radius 1 is 1.20 bits per heavy atom. The molecule has 2 rings (SSSR count). The first-order chi connectivity index (χ1) is 9.53. The molecule has 1 aliphatic rings. The van der Waals surface area contributed by atoms with Gasteiger partial charge in [0.05, 0.1) is 5.69 Å². The fourth-order valence-corrected chi connectivity index (χ4v) is 3.94. The number of anilines is 1. The number of hydrogen-bond donors (Lipinski definition) is 3. The zero-order valence-corrected chi connectivity index (χ0v) is 12.6. The average Bonchev–Trinajstić information content (AvgIpc) is 2.46. The Morgan fingerprint density at radius 3 is 2.50 bits per heavy atom. The molecule has 0 aromatic heterocycles. The molecule has 1 aromatic rings. The molecule has 0 unspecified atom stereocenters. The van der Waals surface area contributed by atoms with Crippen molar-refractivity contribution in [3.63, 3.8) is 0 Å². The van der Waals surface area contributed by atoms with Crippen molar-refractivity contribution in [1.82, 2.24) is 4.72 Å². The molecule has 0 bridgehead atoms. The highest BCUT2D eigenvalue weighted by Crippen LogP contribution is 2.28. The van der Waals surface area contributed by atoms with Crippen molar-refractivity contribution >= 4 is 15.7 Å². The SMILES string of the molecule is CC1CCC(CNS(=O)(=O)c2ccccc2NN)CC1. The van der Waals surface area contributed by atoms with Gasteiger partial charge < -0.3 is 5.43 Å². The minimum atomic E-state index is -3.51. The second-order valence-electron chi connectivity index (χ2n) is 5.62. The fraction of sp³-hybridized carbons (Fsp3) is 0.571. The van der Waals surface area contributed by atoms with Gasteiger partial charge >= 0.3 is 0 Å². The van der Waals surface area contributed by atoms with Crippen molar-refractivity contribution in [1.29, 1.82) is 0 Å². The van der Waals surface area contributed by atoms with Crippen LogP contribution in [-0.2, 0) is 10.0 Å². The maximum atomic E-state index is 12.3. The first-order valence-corrected chi connectivity index (χ1v) is 8.56. The largest absolute Gasteiger partial charge is 0.323 e. The smallest absolute Gasteiger partial charge is 0.242 e. The van der Waals surface area contributed by atoms with E-state index in [0.29, 0.717) is 18.2 Å². The van der Waals surface area contributed by atoms with E-state index in [2.05, 4.69) is 17.1 Å². The van der Waals surface area contributed by atoms with Crippen LogP contribution in [0, 0.1) is 11.8 Å². The number of nitrogens with two attached hydrogens (primary N) is 1. The van der Waals surface area contributed by atoms with Gasteiger partial charge in [0.25, 0.3) is 0 Å². The summed E-state index contributed by atoms with van der Waals surface area (Å²) in [6, 6.07) is 6.64.